The fourth-order valence-corrected chi connectivity index (χ4v) is 2.04. The molecule has 0 unspecified atom stereocenters. The topological polar surface area (TPSA) is 38.9 Å². The first-order valence-electron chi connectivity index (χ1n) is 4.85. The highest BCUT2D eigenvalue weighted by Crippen LogP contribution is 2.29. The largest absolute Gasteiger partial charge is 0.421 e. The molecule has 0 radical (unpaired) electrons. The maximum atomic E-state index is 5.55. The molecule has 0 fully saturated rings. The molecule has 0 aliphatic rings. The van der Waals surface area contributed by atoms with Crippen LogP contribution in [0.5, 0.6) is 0 Å². The lowest BCUT2D eigenvalue weighted by Crippen LogP contribution is -1.86. The van der Waals surface area contributed by atoms with E-state index in [2.05, 4.69) is 37.7 Å². The molecule has 2 heterocycles. The standard InChI is InChI=1S/C10H14N2OS/c1-5(2)7-11-10-8(13-7)12-9(14-10)6(3)4/h5-6H,1-4H3. The van der Waals surface area contributed by atoms with E-state index < -0.39 is 0 Å². The molecule has 0 saturated heterocycles. The van der Waals surface area contributed by atoms with Crippen LogP contribution in [0.1, 0.15) is 50.4 Å². The summed E-state index contributed by atoms with van der Waals surface area (Å²) < 4.78 is 5.55. The quantitative estimate of drug-likeness (QED) is 0.761. The highest BCUT2D eigenvalue weighted by atomic mass is 32.1. The van der Waals surface area contributed by atoms with Gasteiger partial charge < -0.3 is 4.42 Å². The van der Waals surface area contributed by atoms with Crippen molar-refractivity contribution in [3.05, 3.63) is 10.9 Å². The van der Waals surface area contributed by atoms with Gasteiger partial charge in [0.1, 0.15) is 5.01 Å². The molecule has 2 aromatic rings. The third kappa shape index (κ3) is 1.54. The first kappa shape index (κ1) is 9.65. The van der Waals surface area contributed by atoms with Gasteiger partial charge in [0.2, 0.25) is 5.89 Å². The van der Waals surface area contributed by atoms with E-state index in [0.717, 1.165) is 15.7 Å². The molecule has 2 aromatic heterocycles. The van der Waals surface area contributed by atoms with Gasteiger partial charge in [-0.05, 0) is 0 Å². The molecule has 3 nitrogen and oxygen atoms in total. The van der Waals surface area contributed by atoms with Crippen molar-refractivity contribution in [2.24, 2.45) is 0 Å². The summed E-state index contributed by atoms with van der Waals surface area (Å²) in [7, 11) is 0. The lowest BCUT2D eigenvalue weighted by atomic mass is 10.2. The van der Waals surface area contributed by atoms with E-state index in [-0.39, 0.29) is 0 Å². The van der Waals surface area contributed by atoms with Crippen LogP contribution in [0, 0.1) is 0 Å². The Morgan fingerprint density at radius 2 is 1.79 bits per heavy atom. The van der Waals surface area contributed by atoms with Crippen molar-refractivity contribution in [1.29, 1.82) is 0 Å². The Balaban J connectivity index is 2.45. The van der Waals surface area contributed by atoms with Crippen LogP contribution in [0.15, 0.2) is 4.42 Å². The number of hydrogen-bond acceptors (Lipinski definition) is 4. The Labute approximate surface area is 87.2 Å². The third-order valence-corrected chi connectivity index (χ3v) is 3.23. The zero-order chi connectivity index (χ0) is 10.3. The molecule has 14 heavy (non-hydrogen) atoms. The van der Waals surface area contributed by atoms with Crippen LogP contribution in [0.25, 0.3) is 10.5 Å². The molecular formula is C10H14N2OS. The molecule has 0 N–H and O–H groups in total. The summed E-state index contributed by atoms with van der Waals surface area (Å²) >= 11 is 1.63. The van der Waals surface area contributed by atoms with E-state index in [0.29, 0.717) is 17.5 Å². The van der Waals surface area contributed by atoms with Crippen LogP contribution < -0.4 is 0 Å². The highest BCUT2D eigenvalue weighted by Gasteiger charge is 2.15. The Morgan fingerprint density at radius 1 is 1.07 bits per heavy atom. The Bertz CT molecular complexity index is 373. The fourth-order valence-electron chi connectivity index (χ4n) is 1.17. The molecule has 0 bridgehead atoms. The Morgan fingerprint density at radius 3 is 2.29 bits per heavy atom. The van der Waals surface area contributed by atoms with Crippen molar-refractivity contribution in [2.45, 2.75) is 39.5 Å². The molecule has 0 saturated carbocycles. The minimum atomic E-state index is 0.332. The highest BCUT2D eigenvalue weighted by molar-refractivity contribution is 7.18. The monoisotopic (exact) mass is 210 g/mol. The molecular weight excluding hydrogens is 196 g/mol. The van der Waals surface area contributed by atoms with Gasteiger partial charge in [-0.25, -0.2) is 9.97 Å². The van der Waals surface area contributed by atoms with Crippen LogP contribution in [-0.2, 0) is 0 Å². The molecule has 0 aliphatic carbocycles. The molecule has 76 valence electrons. The van der Waals surface area contributed by atoms with E-state index >= 15 is 0 Å². The van der Waals surface area contributed by atoms with Crippen molar-refractivity contribution in [3.63, 3.8) is 0 Å². The normalized spacial score (nSPS) is 12.1. The Kier molecular flexibility index (Phi) is 2.31. The van der Waals surface area contributed by atoms with Gasteiger partial charge in [0.25, 0.3) is 5.71 Å². The van der Waals surface area contributed by atoms with E-state index in [1.54, 1.807) is 11.3 Å². The number of oxazole rings is 1. The van der Waals surface area contributed by atoms with Crippen molar-refractivity contribution < 1.29 is 4.42 Å². The number of thiazole rings is 1. The van der Waals surface area contributed by atoms with Gasteiger partial charge in [0.15, 0.2) is 4.83 Å². The van der Waals surface area contributed by atoms with Crippen molar-refractivity contribution in [3.8, 4) is 0 Å². The first-order chi connectivity index (χ1) is 6.58. The van der Waals surface area contributed by atoms with Crippen molar-refractivity contribution in [1.82, 2.24) is 9.97 Å². The molecule has 4 heteroatoms. The molecule has 0 amide bonds. The minimum Gasteiger partial charge on any atom is -0.421 e. The summed E-state index contributed by atoms with van der Waals surface area (Å²) in [5, 5.41) is 1.10. The smallest absolute Gasteiger partial charge is 0.258 e. The van der Waals surface area contributed by atoms with Gasteiger partial charge in [0.05, 0.1) is 0 Å². The van der Waals surface area contributed by atoms with Crippen molar-refractivity contribution >= 4 is 21.9 Å². The number of rotatable bonds is 2. The molecule has 2 rings (SSSR count). The summed E-state index contributed by atoms with van der Waals surface area (Å²) in [6, 6.07) is 0. The second kappa shape index (κ2) is 3.35. The van der Waals surface area contributed by atoms with Gasteiger partial charge in [-0.1, -0.05) is 39.0 Å². The summed E-state index contributed by atoms with van der Waals surface area (Å²) in [5.41, 5.74) is 0.697. The molecule has 0 aromatic carbocycles. The first-order valence-corrected chi connectivity index (χ1v) is 5.66. The lowest BCUT2D eigenvalue weighted by molar-refractivity contribution is 0.494. The van der Waals surface area contributed by atoms with Crippen LogP contribution in [-0.4, -0.2) is 9.97 Å². The van der Waals surface area contributed by atoms with E-state index in [1.807, 2.05) is 0 Å². The summed E-state index contributed by atoms with van der Waals surface area (Å²) in [6.07, 6.45) is 0. The number of fused-ring (bicyclic) bond motifs is 1. The van der Waals surface area contributed by atoms with Gasteiger partial charge in [-0.3, -0.25) is 0 Å². The summed E-state index contributed by atoms with van der Waals surface area (Å²) in [5.74, 6) is 1.57. The predicted octanol–water partition coefficient (Wildman–Crippen LogP) is 3.53. The van der Waals surface area contributed by atoms with Crippen LogP contribution in [0.2, 0.25) is 0 Å². The zero-order valence-electron chi connectivity index (χ0n) is 8.87. The Hall–Kier alpha value is -0.900. The average Bonchev–Trinajstić information content (AvgIpc) is 2.57. The van der Waals surface area contributed by atoms with Gasteiger partial charge in [0, 0.05) is 11.8 Å². The van der Waals surface area contributed by atoms with Gasteiger partial charge in [-0.15, -0.1) is 0 Å². The van der Waals surface area contributed by atoms with Crippen molar-refractivity contribution in [2.75, 3.05) is 0 Å². The average molecular weight is 210 g/mol. The van der Waals surface area contributed by atoms with E-state index in [1.165, 1.54) is 0 Å². The summed E-state index contributed by atoms with van der Waals surface area (Å²) in [6.45, 7) is 8.39. The number of aromatic nitrogens is 2. The molecule has 0 aliphatic heterocycles. The number of hydrogen-bond donors (Lipinski definition) is 0. The molecule has 0 atom stereocenters. The predicted molar refractivity (Wildman–Crippen MR) is 57.9 cm³/mol. The number of nitrogens with zero attached hydrogens (tertiary/aromatic N) is 2. The van der Waals surface area contributed by atoms with Gasteiger partial charge >= 0.3 is 0 Å². The second-order valence-corrected chi connectivity index (χ2v) is 5.03. The van der Waals surface area contributed by atoms with Gasteiger partial charge in [-0.2, -0.15) is 0 Å². The minimum absolute atomic E-state index is 0.332. The van der Waals surface area contributed by atoms with E-state index in [4.69, 9.17) is 4.42 Å². The van der Waals surface area contributed by atoms with Crippen LogP contribution >= 0.6 is 11.3 Å². The third-order valence-electron chi connectivity index (χ3n) is 2.00. The maximum Gasteiger partial charge on any atom is 0.258 e. The second-order valence-electron chi connectivity index (χ2n) is 4.02. The van der Waals surface area contributed by atoms with Crippen LogP contribution in [0.3, 0.4) is 0 Å². The van der Waals surface area contributed by atoms with Crippen LogP contribution in [0.4, 0.5) is 0 Å². The fraction of sp³-hybridized carbons (Fsp3) is 0.600. The lowest BCUT2D eigenvalue weighted by Gasteiger charge is -1.96. The van der Waals surface area contributed by atoms with E-state index in [9.17, 15) is 0 Å². The summed E-state index contributed by atoms with van der Waals surface area (Å²) in [4.78, 5) is 9.74. The SMILES string of the molecule is CC(C)c1nc2sc(C(C)C)nc2o1. The molecule has 0 spiro atoms. The maximum absolute atomic E-state index is 5.55. The zero-order valence-corrected chi connectivity index (χ0v) is 9.68.